The molecule has 2 nitrogen and oxygen atoms in total. The van der Waals surface area contributed by atoms with Crippen LogP contribution in [0, 0.1) is 5.41 Å². The minimum absolute atomic E-state index is 0.530. The molecule has 148 valence electrons. The van der Waals surface area contributed by atoms with Crippen LogP contribution in [0.3, 0.4) is 0 Å². The summed E-state index contributed by atoms with van der Waals surface area (Å²) in [4.78, 5) is 4.57. The third-order valence-corrected chi connectivity index (χ3v) is 5.17. The number of fused-ring (bicyclic) bond motifs is 5. The summed E-state index contributed by atoms with van der Waals surface area (Å²) in [5, 5.41) is 0. The van der Waals surface area contributed by atoms with Gasteiger partial charge in [-0.15, -0.1) is 0 Å². The van der Waals surface area contributed by atoms with Gasteiger partial charge in [0.05, 0.1) is 5.69 Å². The summed E-state index contributed by atoms with van der Waals surface area (Å²) in [5.41, 5.74) is 6.09. The minimum Gasteiger partial charge on any atom is -0.456 e. The van der Waals surface area contributed by atoms with Crippen molar-refractivity contribution >= 4 is 0 Å². The molecular weight excluding hydrogens is 366 g/mol. The van der Waals surface area contributed by atoms with Gasteiger partial charge in [0.1, 0.15) is 11.5 Å². The molecular formula is C28H25NO. The highest BCUT2D eigenvalue weighted by atomic mass is 16.5. The number of hydrogen-bond acceptors (Lipinski definition) is 2. The van der Waals surface area contributed by atoms with E-state index in [0.717, 1.165) is 45.0 Å². The Labute approximate surface area is 181 Å². The second kappa shape index (κ2) is 7.14. The Hall–Kier alpha value is -3.39. The molecule has 3 aromatic carbocycles. The third-order valence-electron chi connectivity index (χ3n) is 5.17. The Morgan fingerprint density at radius 1 is 0.767 bits per heavy atom. The highest BCUT2D eigenvalue weighted by molar-refractivity contribution is 5.91. The smallest absolute Gasteiger partial charge is 0.135 e. The van der Waals surface area contributed by atoms with Crippen LogP contribution in [-0.4, -0.2) is 4.98 Å². The van der Waals surface area contributed by atoms with E-state index in [2.05, 4.69) is 29.2 Å². The molecule has 0 amide bonds. The number of hydrogen-bond donors (Lipinski definition) is 0. The van der Waals surface area contributed by atoms with Crippen molar-refractivity contribution in [2.75, 3.05) is 0 Å². The topological polar surface area (TPSA) is 22.1 Å². The number of ether oxygens (including phenoxy) is 1. The SMILES string of the molecule is [2H]C([2H])(c1ccnc(-c2ccc3c(c2)-c2ccccc2-c2ccccc2O3)c1)C(C)(C)C. The molecule has 0 atom stereocenters. The highest BCUT2D eigenvalue weighted by Crippen LogP contribution is 2.47. The Bertz CT molecular complexity index is 1320. The fourth-order valence-corrected chi connectivity index (χ4v) is 3.94. The van der Waals surface area contributed by atoms with Crippen LogP contribution < -0.4 is 4.74 Å². The molecule has 5 rings (SSSR count). The number of aromatic nitrogens is 1. The number of nitrogens with zero attached hydrogens (tertiary/aromatic N) is 1. The fraction of sp³-hybridized carbons (Fsp3) is 0.179. The predicted molar refractivity (Wildman–Crippen MR) is 124 cm³/mol. The molecule has 0 N–H and O–H groups in total. The first-order valence-electron chi connectivity index (χ1n) is 11.2. The van der Waals surface area contributed by atoms with Crippen LogP contribution in [0.4, 0.5) is 0 Å². The van der Waals surface area contributed by atoms with Crippen molar-refractivity contribution in [2.24, 2.45) is 5.41 Å². The van der Waals surface area contributed by atoms with Crippen molar-refractivity contribution in [2.45, 2.75) is 27.1 Å². The Morgan fingerprint density at radius 3 is 2.20 bits per heavy atom. The van der Waals surface area contributed by atoms with Gasteiger partial charge in [-0.25, -0.2) is 0 Å². The lowest BCUT2D eigenvalue weighted by Crippen LogP contribution is -2.09. The van der Waals surface area contributed by atoms with Crippen LogP contribution in [0.25, 0.3) is 33.5 Å². The van der Waals surface area contributed by atoms with Crippen LogP contribution in [0.2, 0.25) is 0 Å². The average molecular weight is 394 g/mol. The minimum atomic E-state index is -1.48. The van der Waals surface area contributed by atoms with Gasteiger partial charge in [-0.2, -0.15) is 0 Å². The van der Waals surface area contributed by atoms with Crippen LogP contribution in [-0.2, 0) is 6.37 Å². The van der Waals surface area contributed by atoms with Gasteiger partial charge in [-0.05, 0) is 64.9 Å². The fourth-order valence-electron chi connectivity index (χ4n) is 3.94. The Morgan fingerprint density at radius 2 is 1.43 bits per heavy atom. The van der Waals surface area contributed by atoms with Gasteiger partial charge in [-0.1, -0.05) is 63.2 Å². The van der Waals surface area contributed by atoms with E-state index in [0.29, 0.717) is 5.56 Å². The van der Waals surface area contributed by atoms with E-state index in [4.69, 9.17) is 7.48 Å². The van der Waals surface area contributed by atoms with Gasteiger partial charge in [0.15, 0.2) is 0 Å². The maximum atomic E-state index is 8.65. The normalized spacial score (nSPS) is 13.7. The molecule has 0 radical (unpaired) electrons. The van der Waals surface area contributed by atoms with Crippen LogP contribution in [0.15, 0.2) is 85.1 Å². The largest absolute Gasteiger partial charge is 0.456 e. The average Bonchev–Trinajstić information content (AvgIpc) is 2.93. The molecule has 4 aromatic rings. The van der Waals surface area contributed by atoms with Gasteiger partial charge in [0, 0.05) is 25.6 Å². The first-order valence-corrected chi connectivity index (χ1v) is 10.2. The summed E-state index contributed by atoms with van der Waals surface area (Å²) >= 11 is 0. The molecule has 0 fully saturated rings. The molecule has 0 aliphatic carbocycles. The van der Waals surface area contributed by atoms with E-state index in [1.165, 1.54) is 0 Å². The summed E-state index contributed by atoms with van der Waals surface area (Å²) < 4.78 is 23.6. The van der Waals surface area contributed by atoms with Crippen LogP contribution in [0.1, 0.15) is 29.1 Å². The van der Waals surface area contributed by atoms with E-state index >= 15 is 0 Å². The van der Waals surface area contributed by atoms with Gasteiger partial charge in [0.2, 0.25) is 0 Å². The summed E-state index contributed by atoms with van der Waals surface area (Å²) in [6.45, 7) is 5.75. The van der Waals surface area contributed by atoms with Crippen molar-refractivity contribution in [3.8, 4) is 45.0 Å². The van der Waals surface area contributed by atoms with Crippen LogP contribution >= 0.6 is 0 Å². The molecule has 1 aromatic heterocycles. The zero-order valence-corrected chi connectivity index (χ0v) is 17.4. The zero-order valence-electron chi connectivity index (χ0n) is 19.4. The van der Waals surface area contributed by atoms with Gasteiger partial charge in [0.25, 0.3) is 0 Å². The number of pyridine rings is 1. The summed E-state index contributed by atoms with van der Waals surface area (Å²) in [6, 6.07) is 26.1. The summed E-state index contributed by atoms with van der Waals surface area (Å²) in [6.07, 6.45) is 0.216. The Kier molecular flexibility index (Phi) is 3.91. The van der Waals surface area contributed by atoms with Gasteiger partial charge < -0.3 is 4.74 Å². The van der Waals surface area contributed by atoms with Gasteiger partial charge in [-0.3, -0.25) is 4.98 Å². The first kappa shape index (κ1) is 16.4. The predicted octanol–water partition coefficient (Wildman–Crippen LogP) is 7.78. The van der Waals surface area contributed by atoms with E-state index in [9.17, 15) is 0 Å². The molecule has 0 spiro atoms. The molecule has 0 saturated carbocycles. The third kappa shape index (κ3) is 3.50. The van der Waals surface area contributed by atoms with E-state index in [1.54, 1.807) is 12.3 Å². The molecule has 2 heterocycles. The summed E-state index contributed by atoms with van der Waals surface area (Å²) in [7, 11) is 0. The molecule has 30 heavy (non-hydrogen) atoms. The van der Waals surface area contributed by atoms with Gasteiger partial charge >= 0.3 is 0 Å². The second-order valence-corrected chi connectivity index (χ2v) is 8.66. The molecule has 0 saturated heterocycles. The molecule has 2 heteroatoms. The molecule has 1 aliphatic heterocycles. The molecule has 0 unspecified atom stereocenters. The van der Waals surface area contributed by atoms with Crippen molar-refractivity contribution in [3.05, 3.63) is 90.6 Å². The van der Waals surface area contributed by atoms with Crippen LogP contribution in [0.5, 0.6) is 11.5 Å². The van der Waals surface area contributed by atoms with Crippen molar-refractivity contribution in [1.29, 1.82) is 0 Å². The lowest BCUT2D eigenvalue weighted by Gasteiger charge is -2.18. The quantitative estimate of drug-likeness (QED) is 0.305. The van der Waals surface area contributed by atoms with E-state index < -0.39 is 11.8 Å². The molecule has 0 bridgehead atoms. The summed E-state index contributed by atoms with van der Waals surface area (Å²) in [5.74, 6) is 1.64. The lowest BCUT2D eigenvalue weighted by atomic mass is 9.88. The first-order chi connectivity index (χ1) is 15.3. The standard InChI is InChI=1S/C28H25NO/c1-28(2,3)18-19-14-15-29-25(16-19)20-12-13-27-24(17-20)22-9-5-4-8-21(22)23-10-6-7-11-26(23)30-27/h4-17H,18H2,1-3H3/i18D2. The highest BCUT2D eigenvalue weighted by Gasteiger charge is 2.21. The Balaban J connectivity index is 1.66. The lowest BCUT2D eigenvalue weighted by molar-refractivity contribution is 0.411. The van der Waals surface area contributed by atoms with Crippen molar-refractivity contribution in [1.82, 2.24) is 4.98 Å². The number of benzene rings is 3. The maximum Gasteiger partial charge on any atom is 0.135 e. The van der Waals surface area contributed by atoms with Crippen molar-refractivity contribution < 1.29 is 7.48 Å². The maximum absolute atomic E-state index is 8.65. The van der Waals surface area contributed by atoms with E-state index in [1.807, 2.05) is 69.3 Å². The monoisotopic (exact) mass is 393 g/mol. The van der Waals surface area contributed by atoms with Crippen molar-refractivity contribution in [3.63, 3.8) is 0 Å². The second-order valence-electron chi connectivity index (χ2n) is 8.66. The van der Waals surface area contributed by atoms with E-state index in [-0.39, 0.29) is 0 Å². The number of rotatable bonds is 2. The zero-order chi connectivity index (χ0) is 22.5. The molecule has 1 aliphatic rings. The number of para-hydroxylation sites is 1.